The lowest BCUT2D eigenvalue weighted by Crippen LogP contribution is -2.22. The van der Waals surface area contributed by atoms with Gasteiger partial charge >= 0.3 is 0 Å². The van der Waals surface area contributed by atoms with E-state index in [0.29, 0.717) is 36.6 Å². The van der Waals surface area contributed by atoms with E-state index in [9.17, 15) is 0 Å². The zero-order valence-corrected chi connectivity index (χ0v) is 19.2. The van der Waals surface area contributed by atoms with Gasteiger partial charge in [0.25, 0.3) is 0 Å². The molecule has 0 bridgehead atoms. The highest BCUT2D eigenvalue weighted by atomic mass is 35.5. The van der Waals surface area contributed by atoms with E-state index in [2.05, 4.69) is 40.1 Å². The Bertz CT molecular complexity index is 1060. The lowest BCUT2D eigenvalue weighted by molar-refractivity contribution is 0.174. The second-order valence-corrected chi connectivity index (χ2v) is 8.71. The molecule has 164 valence electrons. The summed E-state index contributed by atoms with van der Waals surface area (Å²) in [4.78, 5) is 6.93. The molecule has 0 aliphatic carbocycles. The van der Waals surface area contributed by atoms with E-state index in [1.807, 2.05) is 31.3 Å². The lowest BCUT2D eigenvalue weighted by Gasteiger charge is -2.25. The molecule has 1 atom stereocenters. The second-order valence-electron chi connectivity index (χ2n) is 8.27. The molecule has 7 nitrogen and oxygen atoms in total. The largest absolute Gasteiger partial charge is 0.475 e. The molecule has 8 heteroatoms. The summed E-state index contributed by atoms with van der Waals surface area (Å²) in [6, 6.07) is 5.94. The molecule has 0 saturated heterocycles. The fourth-order valence-electron chi connectivity index (χ4n) is 4.12. The molecule has 0 amide bonds. The number of ether oxygens (including phenoxy) is 2. The third-order valence-corrected chi connectivity index (χ3v) is 5.79. The SMILES string of the molecule is C=CN1/C(=C(\C)C2=NC(CC(C)C)CO2)Cn2c(COC)nnc2-c2cc(Cl)ccc21. The maximum Gasteiger partial charge on any atom is 0.213 e. The van der Waals surface area contributed by atoms with Gasteiger partial charge in [0.15, 0.2) is 11.6 Å². The Labute approximate surface area is 188 Å². The van der Waals surface area contributed by atoms with Crippen molar-refractivity contribution < 1.29 is 9.47 Å². The molecule has 0 N–H and O–H groups in total. The number of methoxy groups -OCH3 is 1. The maximum absolute atomic E-state index is 6.34. The Morgan fingerprint density at radius 3 is 2.90 bits per heavy atom. The van der Waals surface area contributed by atoms with Crippen molar-refractivity contribution in [2.24, 2.45) is 10.9 Å². The molecule has 0 fully saturated rings. The number of allylic oxidation sites excluding steroid dienone is 1. The van der Waals surface area contributed by atoms with E-state index in [0.717, 1.165) is 40.6 Å². The van der Waals surface area contributed by atoms with Gasteiger partial charge in [-0.25, -0.2) is 4.99 Å². The van der Waals surface area contributed by atoms with Crippen molar-refractivity contribution in [1.29, 1.82) is 0 Å². The first kappa shape index (κ1) is 21.6. The number of aliphatic imine (C=N–C) groups is 1. The molecule has 1 aromatic heterocycles. The van der Waals surface area contributed by atoms with Crippen molar-refractivity contribution >= 4 is 23.2 Å². The summed E-state index contributed by atoms with van der Waals surface area (Å²) in [6.45, 7) is 12.0. The van der Waals surface area contributed by atoms with Crippen LogP contribution in [0.2, 0.25) is 5.02 Å². The molecule has 0 saturated carbocycles. The van der Waals surface area contributed by atoms with Crippen LogP contribution in [0.15, 0.2) is 47.2 Å². The van der Waals surface area contributed by atoms with E-state index in [1.54, 1.807) is 7.11 Å². The molecule has 1 unspecified atom stereocenters. The van der Waals surface area contributed by atoms with Crippen LogP contribution in [0.5, 0.6) is 0 Å². The number of anilines is 1. The second kappa shape index (κ2) is 8.85. The first-order valence-corrected chi connectivity index (χ1v) is 10.8. The highest BCUT2D eigenvalue weighted by Gasteiger charge is 2.30. The van der Waals surface area contributed by atoms with Crippen molar-refractivity contribution in [2.45, 2.75) is 46.4 Å². The minimum Gasteiger partial charge on any atom is -0.475 e. The Morgan fingerprint density at radius 1 is 1.39 bits per heavy atom. The van der Waals surface area contributed by atoms with Crippen LogP contribution in [-0.2, 0) is 22.6 Å². The fourth-order valence-corrected chi connectivity index (χ4v) is 4.29. The van der Waals surface area contributed by atoms with Crippen molar-refractivity contribution in [3.63, 3.8) is 0 Å². The third-order valence-electron chi connectivity index (χ3n) is 5.55. The highest BCUT2D eigenvalue weighted by molar-refractivity contribution is 6.31. The van der Waals surface area contributed by atoms with Crippen LogP contribution in [0.25, 0.3) is 11.4 Å². The number of rotatable bonds is 6. The van der Waals surface area contributed by atoms with E-state index in [4.69, 9.17) is 26.1 Å². The van der Waals surface area contributed by atoms with Gasteiger partial charge in [-0.3, -0.25) is 0 Å². The average Bonchev–Trinajstić information content (AvgIpc) is 3.32. The molecule has 4 rings (SSSR count). The van der Waals surface area contributed by atoms with Gasteiger partial charge in [-0.2, -0.15) is 0 Å². The third kappa shape index (κ3) is 4.12. The van der Waals surface area contributed by atoms with Gasteiger partial charge in [-0.05, 0) is 37.5 Å². The van der Waals surface area contributed by atoms with Gasteiger partial charge < -0.3 is 18.9 Å². The first-order chi connectivity index (χ1) is 14.9. The summed E-state index contributed by atoms with van der Waals surface area (Å²) >= 11 is 6.34. The summed E-state index contributed by atoms with van der Waals surface area (Å²) in [6.07, 6.45) is 2.81. The first-order valence-electron chi connectivity index (χ1n) is 10.5. The van der Waals surface area contributed by atoms with E-state index in [-0.39, 0.29) is 6.04 Å². The quantitative estimate of drug-likeness (QED) is 0.642. The molecular formula is C23H28ClN5O2. The molecule has 3 heterocycles. The van der Waals surface area contributed by atoms with Crippen molar-refractivity contribution in [2.75, 3.05) is 18.6 Å². The van der Waals surface area contributed by atoms with E-state index < -0.39 is 0 Å². The number of nitrogens with zero attached hydrogens (tertiary/aromatic N) is 5. The summed E-state index contributed by atoms with van der Waals surface area (Å²) in [5.41, 5.74) is 3.79. The molecule has 31 heavy (non-hydrogen) atoms. The Hall–Kier alpha value is -2.64. The molecule has 0 spiro atoms. The Balaban J connectivity index is 1.87. The van der Waals surface area contributed by atoms with Gasteiger partial charge in [-0.1, -0.05) is 32.0 Å². The van der Waals surface area contributed by atoms with Gasteiger partial charge in [0, 0.05) is 29.5 Å². The van der Waals surface area contributed by atoms with Crippen LogP contribution in [-0.4, -0.2) is 40.4 Å². The van der Waals surface area contributed by atoms with Crippen molar-refractivity contribution in [1.82, 2.24) is 14.8 Å². The number of benzene rings is 1. The van der Waals surface area contributed by atoms with Crippen LogP contribution < -0.4 is 4.90 Å². The monoisotopic (exact) mass is 441 g/mol. The van der Waals surface area contributed by atoms with Crippen LogP contribution in [0.4, 0.5) is 5.69 Å². The molecular weight excluding hydrogens is 414 g/mol. The van der Waals surface area contributed by atoms with Crippen LogP contribution in [0.3, 0.4) is 0 Å². The average molecular weight is 442 g/mol. The highest BCUT2D eigenvalue weighted by Crippen LogP contribution is 2.39. The van der Waals surface area contributed by atoms with Gasteiger partial charge in [-0.15, -0.1) is 10.2 Å². The standard InChI is InChI=1S/C23H28ClN5O2/c1-6-28-19-8-7-16(24)10-18(19)22-27-26-21(13-30-5)29(22)11-20(28)15(4)23-25-17(12-31-23)9-14(2)3/h6-8,10,14,17H,1,9,11-13H2,2-5H3/b20-15+. The Kier molecular flexibility index (Phi) is 6.16. The topological polar surface area (TPSA) is 64.8 Å². The molecule has 2 aliphatic rings. The molecule has 0 radical (unpaired) electrons. The zero-order valence-electron chi connectivity index (χ0n) is 18.4. The summed E-state index contributed by atoms with van der Waals surface area (Å²) < 4.78 is 13.4. The predicted octanol–water partition coefficient (Wildman–Crippen LogP) is 4.83. The molecule has 2 aromatic rings. The number of hydrogen-bond donors (Lipinski definition) is 0. The number of aromatic nitrogens is 3. The predicted molar refractivity (Wildman–Crippen MR) is 123 cm³/mol. The van der Waals surface area contributed by atoms with Gasteiger partial charge in [0.2, 0.25) is 5.90 Å². The van der Waals surface area contributed by atoms with E-state index >= 15 is 0 Å². The molecule has 1 aromatic carbocycles. The van der Waals surface area contributed by atoms with Gasteiger partial charge in [0.1, 0.15) is 13.2 Å². The summed E-state index contributed by atoms with van der Waals surface area (Å²) in [5.74, 6) is 2.74. The number of halogens is 1. The fraction of sp³-hybridized carbons (Fsp3) is 0.435. The van der Waals surface area contributed by atoms with Crippen LogP contribution in [0, 0.1) is 5.92 Å². The summed E-state index contributed by atoms with van der Waals surface area (Å²) in [7, 11) is 1.65. The van der Waals surface area contributed by atoms with Crippen molar-refractivity contribution in [3.05, 3.63) is 53.1 Å². The smallest absolute Gasteiger partial charge is 0.213 e. The van der Waals surface area contributed by atoms with Crippen LogP contribution in [0.1, 0.15) is 33.0 Å². The zero-order chi connectivity index (χ0) is 22.1. The molecule has 2 aliphatic heterocycles. The normalized spacial score (nSPS) is 19.5. The minimum atomic E-state index is 0.189. The minimum absolute atomic E-state index is 0.189. The van der Waals surface area contributed by atoms with Gasteiger partial charge in [0.05, 0.1) is 24.0 Å². The number of fused-ring (bicyclic) bond motifs is 3. The van der Waals surface area contributed by atoms with Crippen LogP contribution >= 0.6 is 11.6 Å². The summed E-state index contributed by atoms with van der Waals surface area (Å²) in [5, 5.41) is 9.45. The Morgan fingerprint density at radius 2 is 2.19 bits per heavy atom. The lowest BCUT2D eigenvalue weighted by atomic mass is 10.1. The number of hydrogen-bond acceptors (Lipinski definition) is 6. The maximum atomic E-state index is 6.34. The van der Waals surface area contributed by atoms with Crippen molar-refractivity contribution in [3.8, 4) is 11.4 Å². The van der Waals surface area contributed by atoms with E-state index in [1.165, 1.54) is 0 Å².